The van der Waals surface area contributed by atoms with Gasteiger partial charge in [-0.3, -0.25) is 86.6 Å². The molecule has 36 heteroatoms. The first-order chi connectivity index (χ1) is 47.2. The molecule has 1 saturated heterocycles. The number of hydrogen-bond donors (Lipinski definition) is 12. The van der Waals surface area contributed by atoms with E-state index in [4.69, 9.17) is 4.42 Å². The van der Waals surface area contributed by atoms with Gasteiger partial charge in [0.05, 0.1) is 44.8 Å². The van der Waals surface area contributed by atoms with Crippen molar-refractivity contribution in [1.82, 2.24) is 39.6 Å². The van der Waals surface area contributed by atoms with Gasteiger partial charge in [-0.25, -0.2) is 4.79 Å². The summed E-state index contributed by atoms with van der Waals surface area (Å²) in [4.78, 5) is 210. The van der Waals surface area contributed by atoms with Crippen molar-refractivity contribution in [2.24, 2.45) is 0 Å². The fraction of sp³-hybridized carbons (Fsp3) is 0.469. The third kappa shape index (κ3) is 24.4. The Balaban J connectivity index is 1.41. The molecule has 3 atom stereocenters. The minimum absolute atomic E-state index is 0.0456. The van der Waals surface area contributed by atoms with Crippen LogP contribution < -0.4 is 10.7 Å². The number of nitrogens with one attached hydrogen (secondary N) is 1. The summed E-state index contributed by atoms with van der Waals surface area (Å²) in [6.07, 6.45) is -3.39. The van der Waals surface area contributed by atoms with Crippen LogP contribution >= 0.6 is 0 Å². The quantitative estimate of drug-likeness (QED) is 0.0218. The van der Waals surface area contributed by atoms with Crippen LogP contribution in [0, 0.1) is 0 Å². The zero-order chi connectivity index (χ0) is 74.1. The van der Waals surface area contributed by atoms with Crippen LogP contribution in [0.25, 0.3) is 33.4 Å². The molecule has 5 amide bonds. The minimum Gasteiger partial charge on any atom is -0.508 e. The van der Waals surface area contributed by atoms with Crippen LogP contribution in [0.2, 0.25) is 0 Å². The second kappa shape index (κ2) is 38.1. The molecule has 542 valence electrons. The first-order valence-electron chi connectivity index (χ1n) is 31.4. The summed E-state index contributed by atoms with van der Waals surface area (Å²) in [5, 5.41) is 111. The van der Waals surface area contributed by atoms with Crippen molar-refractivity contribution >= 4 is 100 Å². The number of nitrogens with zero attached hydrogens (tertiary/aromatic N) is 7. The maximum absolute atomic E-state index is 14.3. The molecule has 2 heterocycles. The van der Waals surface area contributed by atoms with Gasteiger partial charge in [0.15, 0.2) is 5.43 Å². The van der Waals surface area contributed by atoms with Crippen LogP contribution in [0.5, 0.6) is 5.75 Å². The smallest absolute Gasteiger partial charge is 0.336 e. The molecule has 36 nitrogen and oxygen atoms in total. The number of hydrogen-bond acceptors (Lipinski definition) is 21. The average Bonchev–Trinajstić information content (AvgIpc) is 0.747. The molecular formula is C64H78N8O28. The van der Waals surface area contributed by atoms with Gasteiger partial charge in [0.1, 0.15) is 35.2 Å². The van der Waals surface area contributed by atoms with E-state index in [1.165, 1.54) is 69.3 Å². The van der Waals surface area contributed by atoms with Crippen molar-refractivity contribution < 1.29 is 133 Å². The summed E-state index contributed by atoms with van der Waals surface area (Å²) in [5.41, 5.74) is 0.271. The first kappa shape index (κ1) is 79.5. The largest absolute Gasteiger partial charge is 0.508 e. The molecule has 2 aliphatic heterocycles. The molecule has 5 rings (SSSR count). The van der Waals surface area contributed by atoms with Crippen molar-refractivity contribution in [1.29, 1.82) is 0 Å². The number of fused-ring (bicyclic) bond motifs is 2. The number of rotatable bonds is 36. The predicted molar refractivity (Wildman–Crippen MR) is 342 cm³/mol. The second-order valence-corrected chi connectivity index (χ2v) is 23.4. The predicted octanol–water partition coefficient (Wildman–Crippen LogP) is 0.481. The lowest BCUT2D eigenvalue weighted by Crippen LogP contribution is -2.49. The third-order valence-corrected chi connectivity index (χ3v) is 16.3. The van der Waals surface area contributed by atoms with E-state index in [0.29, 0.717) is 44.1 Å². The molecule has 1 fully saturated rings. The molecule has 1 aliphatic carbocycles. The number of phenolic OH excluding ortho intramolecular Hbond substituents is 1. The zero-order valence-corrected chi connectivity index (χ0v) is 54.0. The van der Waals surface area contributed by atoms with Crippen molar-refractivity contribution in [2.75, 3.05) is 98.2 Å². The van der Waals surface area contributed by atoms with Crippen LogP contribution in [-0.2, 0) is 62.3 Å². The molecule has 0 saturated carbocycles. The van der Waals surface area contributed by atoms with E-state index >= 15 is 0 Å². The Bertz CT molecular complexity index is 3700. The highest BCUT2D eigenvalue weighted by molar-refractivity contribution is 6.09. The van der Waals surface area contributed by atoms with Gasteiger partial charge in [0, 0.05) is 119 Å². The molecule has 3 aliphatic rings. The lowest BCUT2D eigenvalue weighted by atomic mass is 9.89. The molecule has 0 unspecified atom stereocenters. The number of amides is 5. The SMILES string of the molecule is O=C(O)CN(CC(=O)O)[C@@H](CCC(=O)N1CCCN(C(=O)CC[C@@H](C(=O)O)N(CC(=O)O)CC(=O)O)CCN(C(=O)CC[C@@H](C(=O)O)N(CC(=O)O)CC(=O)O)CCCN(C(=O)CCCCCNC(=O)c2ccc(C(=O)O)c(-c3c4ccc(=O)cc-4oc4cc(O)ccc34)c2)CC1)C(=O)O. The summed E-state index contributed by atoms with van der Waals surface area (Å²) in [6, 6.07) is 6.48. The van der Waals surface area contributed by atoms with Gasteiger partial charge in [-0.2, -0.15) is 0 Å². The standard InChI is InChI=1S/C64H78N8O28/c73-38-8-11-41-47(29-38)100-48-30-39(74)9-12-42(48)59(41)43-28-37(7-10-40(43)61(92)93)60(91)65-19-3-1-2-6-49(75)66-20-4-21-68(51(77)17-14-45(63(96)97)71(33-55(83)84)34-56(85)86)26-27-69(52(78)18-15-46(64(98)99)72(35-57(87)88)36-58(89)90)23-5-22-67(25-24-66)50(76)16-13-44(62(94)95)70(31-53(79)80)32-54(81)82/h7-12,28-30,44-46,73H,1-6,13-27,31-36H2,(H,65,91)(H,79,80)(H,81,82)(H,83,84)(H,85,86)(H,87,88)(H,89,90)(H,92,93)(H,94,95)(H,96,97)(H,98,99)/t44-,45-,46-/m0/s1. The van der Waals surface area contributed by atoms with E-state index in [2.05, 4.69) is 5.32 Å². The van der Waals surface area contributed by atoms with Crippen LogP contribution in [0.4, 0.5) is 0 Å². The molecule has 2 aromatic rings. The first-order valence-corrected chi connectivity index (χ1v) is 31.4. The maximum atomic E-state index is 14.3. The Morgan fingerprint density at radius 2 is 0.840 bits per heavy atom. The van der Waals surface area contributed by atoms with Crippen molar-refractivity contribution in [3.05, 3.63) is 75.9 Å². The Morgan fingerprint density at radius 1 is 0.440 bits per heavy atom. The maximum Gasteiger partial charge on any atom is 0.336 e. The Kier molecular flexibility index (Phi) is 30.3. The van der Waals surface area contributed by atoms with E-state index in [1.807, 2.05) is 0 Å². The van der Waals surface area contributed by atoms with Gasteiger partial charge in [-0.15, -0.1) is 0 Å². The van der Waals surface area contributed by atoms with E-state index in [0.717, 1.165) is 4.90 Å². The van der Waals surface area contributed by atoms with E-state index < -0.39 is 197 Å². The van der Waals surface area contributed by atoms with E-state index in [-0.39, 0.29) is 112 Å². The number of benzene rings is 3. The lowest BCUT2D eigenvalue weighted by Gasteiger charge is -2.33. The highest BCUT2D eigenvalue weighted by Crippen LogP contribution is 2.42. The van der Waals surface area contributed by atoms with Crippen molar-refractivity contribution in [2.45, 2.75) is 95.2 Å². The Morgan fingerprint density at radius 3 is 1.22 bits per heavy atom. The number of unbranched alkanes of at least 4 members (excludes halogenated alkanes) is 2. The number of phenols is 1. The summed E-state index contributed by atoms with van der Waals surface area (Å²) in [7, 11) is 0. The number of aromatic carboxylic acids is 1. The van der Waals surface area contributed by atoms with Gasteiger partial charge in [0.25, 0.3) is 5.91 Å². The van der Waals surface area contributed by atoms with Crippen molar-refractivity contribution in [3.63, 3.8) is 0 Å². The summed E-state index contributed by atoms with van der Waals surface area (Å²) >= 11 is 0. The van der Waals surface area contributed by atoms with Crippen LogP contribution in [0.15, 0.2) is 63.8 Å². The number of aliphatic carboxylic acids is 9. The van der Waals surface area contributed by atoms with Gasteiger partial charge in [-0.1, -0.05) is 6.42 Å². The molecule has 0 spiro atoms. The summed E-state index contributed by atoms with van der Waals surface area (Å²) in [5.74, 6) is -19.4. The Hall–Kier alpha value is -11.1. The molecular weight excluding hydrogens is 1330 g/mol. The third-order valence-electron chi connectivity index (χ3n) is 16.3. The summed E-state index contributed by atoms with van der Waals surface area (Å²) in [6.45, 7) is -8.55. The highest BCUT2D eigenvalue weighted by Gasteiger charge is 2.35. The average molecular weight is 1410 g/mol. The number of carboxylic acids is 10. The van der Waals surface area contributed by atoms with E-state index in [1.54, 1.807) is 0 Å². The zero-order valence-electron chi connectivity index (χ0n) is 54.0. The van der Waals surface area contributed by atoms with Crippen LogP contribution in [-0.4, -0.2) is 296 Å². The van der Waals surface area contributed by atoms with Crippen molar-refractivity contribution in [3.8, 4) is 28.2 Å². The molecule has 0 bridgehead atoms. The fourth-order valence-corrected chi connectivity index (χ4v) is 11.6. The van der Waals surface area contributed by atoms with Gasteiger partial charge in [-0.05, 0) is 93.0 Å². The van der Waals surface area contributed by atoms with Gasteiger partial charge >= 0.3 is 59.7 Å². The minimum atomic E-state index is -1.84. The molecule has 0 radical (unpaired) electrons. The Labute approximate surface area is 568 Å². The van der Waals surface area contributed by atoms with E-state index in [9.17, 15) is 133 Å². The number of carbonyl (C=O) groups is 15. The highest BCUT2D eigenvalue weighted by atomic mass is 16.4. The van der Waals surface area contributed by atoms with Crippen LogP contribution in [0.3, 0.4) is 0 Å². The topological polar surface area (TPSA) is 544 Å². The fourth-order valence-electron chi connectivity index (χ4n) is 11.6. The molecule has 0 aromatic heterocycles. The second-order valence-electron chi connectivity index (χ2n) is 23.4. The summed E-state index contributed by atoms with van der Waals surface area (Å²) < 4.78 is 5.91. The number of aromatic hydroxyl groups is 1. The molecule has 100 heavy (non-hydrogen) atoms. The monoisotopic (exact) mass is 1410 g/mol. The van der Waals surface area contributed by atoms with Gasteiger partial charge < -0.3 is 85.5 Å². The normalized spacial score (nSPS) is 14.2. The number of carbonyl (C=O) groups excluding carboxylic acids is 5. The molecule has 2 aromatic carbocycles. The lowest BCUT2D eigenvalue weighted by molar-refractivity contribution is -0.152. The number of carboxylic acid groups (broad SMARTS) is 10. The van der Waals surface area contributed by atoms with Gasteiger partial charge in [0.2, 0.25) is 23.6 Å². The molecule has 12 N–H and O–H groups in total. The van der Waals surface area contributed by atoms with Crippen LogP contribution in [0.1, 0.15) is 97.8 Å².